The van der Waals surface area contributed by atoms with Crippen LogP contribution in [0.4, 0.5) is 5.69 Å². The Hall–Kier alpha value is -4.07. The number of carbonyl (C=O) groups excluding carboxylic acids is 1. The first-order valence-corrected chi connectivity index (χ1v) is 12.2. The van der Waals surface area contributed by atoms with Gasteiger partial charge >= 0.3 is 5.97 Å². The Labute approximate surface area is 216 Å². The fraction of sp³-hybridized carbons (Fsp3) is 0.0357. The van der Waals surface area contributed by atoms with Crippen molar-refractivity contribution in [2.24, 2.45) is 4.99 Å². The topological polar surface area (TPSA) is 83.1 Å². The first-order chi connectivity index (χ1) is 17.5. The van der Waals surface area contributed by atoms with Crippen molar-refractivity contribution in [1.29, 1.82) is 0 Å². The van der Waals surface area contributed by atoms with Crippen molar-refractivity contribution < 1.29 is 19.1 Å². The maximum atomic E-state index is 13.4. The summed E-state index contributed by atoms with van der Waals surface area (Å²) in [6, 6.07) is 27.4. The van der Waals surface area contributed by atoms with Crippen LogP contribution in [0.2, 0.25) is 5.02 Å². The third-order valence-corrected chi connectivity index (χ3v) is 6.76. The molecule has 0 saturated carbocycles. The first-order valence-electron chi connectivity index (χ1n) is 11.0. The number of furan rings is 1. The number of carboxylic acids is 1. The lowest BCUT2D eigenvalue weighted by molar-refractivity contribution is -0.122. The molecule has 0 radical (unpaired) electrons. The summed E-state index contributed by atoms with van der Waals surface area (Å²) in [6.45, 7) is 0.396. The van der Waals surface area contributed by atoms with Gasteiger partial charge in [0.15, 0.2) is 5.17 Å². The van der Waals surface area contributed by atoms with Gasteiger partial charge in [-0.25, -0.2) is 9.79 Å². The molecule has 6 nitrogen and oxygen atoms in total. The number of para-hydroxylation sites is 1. The van der Waals surface area contributed by atoms with E-state index < -0.39 is 5.97 Å². The molecule has 1 fully saturated rings. The predicted octanol–water partition coefficient (Wildman–Crippen LogP) is 7.10. The maximum Gasteiger partial charge on any atom is 0.337 e. The molecule has 0 spiro atoms. The van der Waals surface area contributed by atoms with E-state index >= 15 is 0 Å². The number of aromatic carboxylic acids is 1. The third kappa shape index (κ3) is 5.12. The highest BCUT2D eigenvalue weighted by Gasteiger charge is 2.33. The SMILES string of the molecule is O=C(O)c1ccc(-c2ccc(/C=C3\SC(=Nc4ccccc4)N(Cc4ccccc4)C3=O)o2)cc1Cl. The molecule has 2 heterocycles. The van der Waals surface area contributed by atoms with Gasteiger partial charge in [-0.3, -0.25) is 9.69 Å². The van der Waals surface area contributed by atoms with Crippen LogP contribution in [0.3, 0.4) is 0 Å². The van der Waals surface area contributed by atoms with E-state index in [9.17, 15) is 14.7 Å². The Bertz CT molecular complexity index is 1500. The number of thioether (sulfide) groups is 1. The second-order valence-corrected chi connectivity index (χ2v) is 9.34. The molecule has 5 rings (SSSR count). The normalized spacial score (nSPS) is 15.7. The molecule has 1 aromatic heterocycles. The zero-order valence-corrected chi connectivity index (χ0v) is 20.4. The van der Waals surface area contributed by atoms with Crippen molar-refractivity contribution in [2.45, 2.75) is 6.54 Å². The van der Waals surface area contributed by atoms with Crippen LogP contribution < -0.4 is 0 Å². The van der Waals surface area contributed by atoms with Crippen molar-refractivity contribution in [3.8, 4) is 11.3 Å². The minimum Gasteiger partial charge on any atom is -0.478 e. The number of hydrogen-bond donors (Lipinski definition) is 1. The van der Waals surface area contributed by atoms with Crippen molar-refractivity contribution >= 4 is 52.2 Å². The summed E-state index contributed by atoms with van der Waals surface area (Å²) in [5.41, 5.74) is 2.41. The standard InChI is InChI=1S/C28H19ClN2O4S/c29-23-15-19(11-13-22(23)27(33)34)24-14-12-21(35-24)16-25-26(32)31(17-18-7-3-1-4-8-18)28(36-25)30-20-9-5-2-6-10-20/h1-16H,17H2,(H,33,34)/b25-16-,30-28?. The third-order valence-electron chi connectivity index (χ3n) is 5.44. The molecule has 3 aromatic carbocycles. The van der Waals surface area contributed by atoms with Gasteiger partial charge in [-0.05, 0) is 53.7 Å². The van der Waals surface area contributed by atoms with Gasteiger partial charge in [0, 0.05) is 11.6 Å². The van der Waals surface area contributed by atoms with E-state index in [2.05, 4.69) is 0 Å². The van der Waals surface area contributed by atoms with Crippen LogP contribution in [-0.4, -0.2) is 27.1 Å². The average molecular weight is 515 g/mol. The largest absolute Gasteiger partial charge is 0.478 e. The Kier molecular flexibility index (Phi) is 6.75. The van der Waals surface area contributed by atoms with Gasteiger partial charge in [-0.1, -0.05) is 66.2 Å². The molecule has 1 aliphatic heterocycles. The summed E-state index contributed by atoms with van der Waals surface area (Å²) in [6.07, 6.45) is 1.69. The zero-order chi connectivity index (χ0) is 25.1. The molecule has 0 atom stereocenters. The molecule has 4 aromatic rings. The van der Waals surface area contributed by atoms with E-state index in [1.807, 2.05) is 60.7 Å². The van der Waals surface area contributed by atoms with Gasteiger partial charge in [-0.15, -0.1) is 0 Å². The Balaban J connectivity index is 1.44. The van der Waals surface area contributed by atoms with Crippen LogP contribution in [0.1, 0.15) is 21.7 Å². The van der Waals surface area contributed by atoms with Gasteiger partial charge < -0.3 is 9.52 Å². The predicted molar refractivity (Wildman–Crippen MR) is 142 cm³/mol. The van der Waals surface area contributed by atoms with Crippen LogP contribution in [0.25, 0.3) is 17.4 Å². The number of rotatable bonds is 6. The van der Waals surface area contributed by atoms with Crippen LogP contribution >= 0.6 is 23.4 Å². The second kappa shape index (κ2) is 10.3. The quantitative estimate of drug-likeness (QED) is 0.277. The number of amidine groups is 1. The second-order valence-electron chi connectivity index (χ2n) is 7.92. The minimum atomic E-state index is -1.10. The molecular weight excluding hydrogens is 496 g/mol. The van der Waals surface area contributed by atoms with Crippen LogP contribution in [-0.2, 0) is 11.3 Å². The van der Waals surface area contributed by atoms with Crippen molar-refractivity contribution in [1.82, 2.24) is 4.90 Å². The lowest BCUT2D eigenvalue weighted by Gasteiger charge is -2.15. The molecule has 0 unspecified atom stereocenters. The molecule has 178 valence electrons. The Morgan fingerprint density at radius 2 is 1.72 bits per heavy atom. The van der Waals surface area contributed by atoms with E-state index in [0.29, 0.717) is 33.7 Å². The highest BCUT2D eigenvalue weighted by molar-refractivity contribution is 8.18. The molecule has 1 aliphatic rings. The molecule has 8 heteroatoms. The molecule has 1 amide bonds. The van der Waals surface area contributed by atoms with Crippen LogP contribution in [0, 0.1) is 0 Å². The lowest BCUT2D eigenvalue weighted by atomic mass is 10.1. The van der Waals surface area contributed by atoms with Gasteiger partial charge in [0.1, 0.15) is 11.5 Å². The van der Waals surface area contributed by atoms with Crippen molar-refractivity contribution in [3.05, 3.63) is 118 Å². The van der Waals surface area contributed by atoms with Gasteiger partial charge in [-0.2, -0.15) is 0 Å². The number of aliphatic imine (C=N–C) groups is 1. The molecule has 0 aliphatic carbocycles. The highest BCUT2D eigenvalue weighted by atomic mass is 35.5. The Morgan fingerprint density at radius 1 is 1.00 bits per heavy atom. The van der Waals surface area contributed by atoms with E-state index in [-0.39, 0.29) is 16.5 Å². The van der Waals surface area contributed by atoms with Gasteiger partial charge in [0.25, 0.3) is 5.91 Å². The van der Waals surface area contributed by atoms with Crippen molar-refractivity contribution in [3.63, 3.8) is 0 Å². The summed E-state index contributed by atoms with van der Waals surface area (Å²) in [7, 11) is 0. The van der Waals surface area contributed by atoms with Crippen molar-refractivity contribution in [2.75, 3.05) is 0 Å². The van der Waals surface area contributed by atoms with E-state index in [4.69, 9.17) is 21.0 Å². The molecule has 36 heavy (non-hydrogen) atoms. The molecule has 1 saturated heterocycles. The summed E-state index contributed by atoms with van der Waals surface area (Å²) in [5, 5.41) is 9.89. The summed E-state index contributed by atoms with van der Waals surface area (Å²) < 4.78 is 5.94. The smallest absolute Gasteiger partial charge is 0.337 e. The number of halogens is 1. The average Bonchev–Trinajstić information content (AvgIpc) is 3.46. The van der Waals surface area contributed by atoms with E-state index in [1.165, 1.54) is 17.8 Å². The fourth-order valence-corrected chi connectivity index (χ4v) is 4.91. The van der Waals surface area contributed by atoms with Crippen LogP contribution in [0.5, 0.6) is 0 Å². The first kappa shape index (κ1) is 23.7. The molecule has 1 N–H and O–H groups in total. The van der Waals surface area contributed by atoms with E-state index in [1.54, 1.807) is 35.2 Å². The maximum absolute atomic E-state index is 13.4. The number of carbonyl (C=O) groups is 2. The summed E-state index contributed by atoms with van der Waals surface area (Å²) in [4.78, 5) is 31.5. The van der Waals surface area contributed by atoms with Gasteiger partial charge in [0.2, 0.25) is 0 Å². The molecular formula is C28H19ClN2O4S. The number of hydrogen-bond acceptors (Lipinski definition) is 5. The van der Waals surface area contributed by atoms with Gasteiger partial charge in [0.05, 0.1) is 27.7 Å². The minimum absolute atomic E-state index is 0.0195. The zero-order valence-electron chi connectivity index (χ0n) is 18.8. The number of amides is 1. The number of carboxylic acid groups (broad SMARTS) is 1. The highest BCUT2D eigenvalue weighted by Crippen LogP contribution is 2.36. The van der Waals surface area contributed by atoms with E-state index in [0.717, 1.165) is 11.3 Å². The summed E-state index contributed by atoms with van der Waals surface area (Å²) >= 11 is 7.39. The number of nitrogens with zero attached hydrogens (tertiary/aromatic N) is 2. The Morgan fingerprint density at radius 3 is 2.42 bits per heavy atom. The fourth-order valence-electron chi connectivity index (χ4n) is 3.67. The lowest BCUT2D eigenvalue weighted by Crippen LogP contribution is -2.28. The number of benzene rings is 3. The summed E-state index contributed by atoms with van der Waals surface area (Å²) in [5.74, 6) is -0.262. The van der Waals surface area contributed by atoms with Crippen LogP contribution in [0.15, 0.2) is 105 Å². The molecule has 0 bridgehead atoms. The monoisotopic (exact) mass is 514 g/mol.